The average molecular weight is 621 g/mol. The minimum atomic E-state index is -0.659. The van der Waals surface area contributed by atoms with Crippen molar-refractivity contribution in [3.8, 4) is 0 Å². The summed E-state index contributed by atoms with van der Waals surface area (Å²) in [6.07, 6.45) is 48.3. The maximum absolute atomic E-state index is 10.4. The summed E-state index contributed by atoms with van der Waals surface area (Å²) in [7, 11) is 0. The van der Waals surface area contributed by atoms with Gasteiger partial charge in [-0.1, -0.05) is 167 Å². The molecule has 0 fully saturated rings. The van der Waals surface area contributed by atoms with Crippen LogP contribution in [-0.4, -0.2) is 22.2 Å². The van der Waals surface area contributed by atoms with Gasteiger partial charge in [-0.3, -0.25) is 9.59 Å². The highest BCUT2D eigenvalue weighted by atomic mass is 16.4. The second-order valence-corrected chi connectivity index (χ2v) is 12.9. The van der Waals surface area contributed by atoms with E-state index in [9.17, 15) is 9.59 Å². The van der Waals surface area contributed by atoms with Crippen LogP contribution in [0.15, 0.2) is 24.3 Å². The van der Waals surface area contributed by atoms with Crippen molar-refractivity contribution in [1.29, 1.82) is 0 Å². The number of carbonyl (C=O) groups is 2. The molecule has 0 aliphatic carbocycles. The molecule has 0 saturated heterocycles. The first-order chi connectivity index (χ1) is 21.5. The van der Waals surface area contributed by atoms with Gasteiger partial charge < -0.3 is 10.2 Å². The highest BCUT2D eigenvalue weighted by molar-refractivity contribution is 5.66. The molecule has 0 atom stereocenters. The molecule has 0 aliphatic heterocycles. The predicted molar refractivity (Wildman–Crippen MR) is 193 cm³/mol. The normalized spacial score (nSPS) is 11.3. The largest absolute Gasteiger partial charge is 0.481 e. The second-order valence-electron chi connectivity index (χ2n) is 12.9. The van der Waals surface area contributed by atoms with Crippen molar-refractivity contribution in [2.75, 3.05) is 0 Å². The van der Waals surface area contributed by atoms with Crippen LogP contribution >= 0.6 is 0 Å². The van der Waals surface area contributed by atoms with Gasteiger partial charge in [-0.25, -0.2) is 0 Å². The Hall–Kier alpha value is -1.58. The molecule has 4 heteroatoms. The topological polar surface area (TPSA) is 74.6 Å². The Morgan fingerprint density at radius 2 is 0.545 bits per heavy atom. The number of hydrogen-bond donors (Lipinski definition) is 2. The maximum atomic E-state index is 10.4. The fraction of sp³-hybridized carbons (Fsp3) is 0.850. The summed E-state index contributed by atoms with van der Waals surface area (Å²) in [6.45, 7) is 4.53. The second kappa shape index (κ2) is 41.4. The van der Waals surface area contributed by atoms with Gasteiger partial charge in [0.05, 0.1) is 0 Å². The first kappa shape index (κ1) is 44.5. The summed E-state index contributed by atoms with van der Waals surface area (Å²) in [5.74, 6) is -1.32. The van der Waals surface area contributed by atoms with Crippen molar-refractivity contribution < 1.29 is 19.8 Å². The zero-order valence-electron chi connectivity index (χ0n) is 29.6. The van der Waals surface area contributed by atoms with Crippen molar-refractivity contribution in [3.63, 3.8) is 0 Å². The molecule has 4 nitrogen and oxygen atoms in total. The third-order valence-corrected chi connectivity index (χ3v) is 8.30. The summed E-state index contributed by atoms with van der Waals surface area (Å²) >= 11 is 0. The summed E-state index contributed by atoms with van der Waals surface area (Å²) in [5.41, 5.74) is 0. The van der Waals surface area contributed by atoms with Crippen LogP contribution in [-0.2, 0) is 9.59 Å². The number of hydrogen-bond acceptors (Lipinski definition) is 2. The molecule has 260 valence electrons. The Morgan fingerprint density at radius 1 is 0.341 bits per heavy atom. The minimum absolute atomic E-state index is 0.337. The van der Waals surface area contributed by atoms with Crippen molar-refractivity contribution in [3.05, 3.63) is 24.3 Å². The van der Waals surface area contributed by atoms with E-state index in [1.807, 2.05) is 0 Å². The van der Waals surface area contributed by atoms with Gasteiger partial charge in [0.15, 0.2) is 0 Å². The first-order valence-electron chi connectivity index (χ1n) is 19.3. The van der Waals surface area contributed by atoms with Gasteiger partial charge in [-0.15, -0.1) is 0 Å². The van der Waals surface area contributed by atoms with E-state index in [1.165, 1.54) is 167 Å². The average Bonchev–Trinajstić information content (AvgIpc) is 3.00. The molecule has 0 bridgehead atoms. The monoisotopic (exact) mass is 621 g/mol. The van der Waals surface area contributed by atoms with E-state index in [2.05, 4.69) is 38.2 Å². The van der Waals surface area contributed by atoms with Crippen LogP contribution in [0, 0.1) is 0 Å². The Labute approximate surface area is 275 Å². The number of carboxylic acid groups (broad SMARTS) is 2. The SMILES string of the molecule is CCCCCCCC/C=C\CCCCCCCCCC(=O)O.CCCCCCCC/C=C\CCCCCCCCCC(=O)O. The maximum Gasteiger partial charge on any atom is 0.303 e. The van der Waals surface area contributed by atoms with Gasteiger partial charge in [-0.05, 0) is 64.2 Å². The number of carboxylic acids is 2. The standard InChI is InChI=1S/2C20H38O2/c2*1-2-3-4-5-6-7-8-9-10-11-12-13-14-15-16-17-18-19-20(21)22/h2*9-10H,2-8,11-19H2,1H3,(H,21,22)/b2*10-9-. The summed E-state index contributed by atoms with van der Waals surface area (Å²) in [6, 6.07) is 0. The minimum Gasteiger partial charge on any atom is -0.481 e. The number of rotatable bonds is 34. The van der Waals surface area contributed by atoms with Gasteiger partial charge in [0, 0.05) is 12.8 Å². The van der Waals surface area contributed by atoms with Gasteiger partial charge in [0.1, 0.15) is 0 Å². The van der Waals surface area contributed by atoms with Crippen molar-refractivity contribution in [1.82, 2.24) is 0 Å². The molecule has 0 spiro atoms. The molecular weight excluding hydrogens is 544 g/mol. The molecule has 0 aliphatic rings. The van der Waals surface area contributed by atoms with Crippen LogP contribution in [0.3, 0.4) is 0 Å². The third-order valence-electron chi connectivity index (χ3n) is 8.30. The summed E-state index contributed by atoms with van der Waals surface area (Å²) in [4.78, 5) is 20.7. The summed E-state index contributed by atoms with van der Waals surface area (Å²) in [5, 5.41) is 17.1. The van der Waals surface area contributed by atoms with Gasteiger partial charge >= 0.3 is 11.9 Å². The van der Waals surface area contributed by atoms with E-state index >= 15 is 0 Å². The molecule has 0 aromatic heterocycles. The Balaban J connectivity index is 0. The molecule has 0 rings (SSSR count). The van der Waals surface area contributed by atoms with Crippen LogP contribution in [0.5, 0.6) is 0 Å². The van der Waals surface area contributed by atoms with E-state index in [0.717, 1.165) is 25.7 Å². The van der Waals surface area contributed by atoms with Gasteiger partial charge in [0.2, 0.25) is 0 Å². The van der Waals surface area contributed by atoms with Crippen LogP contribution < -0.4 is 0 Å². The lowest BCUT2D eigenvalue weighted by molar-refractivity contribution is -0.138. The van der Waals surface area contributed by atoms with E-state index in [-0.39, 0.29) is 0 Å². The van der Waals surface area contributed by atoms with Crippen LogP contribution in [0.4, 0.5) is 0 Å². The highest BCUT2D eigenvalue weighted by Crippen LogP contribution is 2.13. The van der Waals surface area contributed by atoms with Gasteiger partial charge in [-0.2, -0.15) is 0 Å². The fourth-order valence-corrected chi connectivity index (χ4v) is 5.40. The smallest absolute Gasteiger partial charge is 0.303 e. The lowest BCUT2D eigenvalue weighted by Crippen LogP contribution is -1.93. The molecule has 44 heavy (non-hydrogen) atoms. The van der Waals surface area contributed by atoms with E-state index in [1.54, 1.807) is 0 Å². The molecule has 0 heterocycles. The van der Waals surface area contributed by atoms with Crippen LogP contribution in [0.1, 0.15) is 219 Å². The molecule has 0 aromatic rings. The lowest BCUT2D eigenvalue weighted by Gasteiger charge is -2.00. The number of aliphatic carboxylic acids is 2. The highest BCUT2D eigenvalue weighted by Gasteiger charge is 1.97. The van der Waals surface area contributed by atoms with E-state index in [4.69, 9.17) is 10.2 Å². The van der Waals surface area contributed by atoms with Crippen LogP contribution in [0.2, 0.25) is 0 Å². The molecule has 2 N–H and O–H groups in total. The quantitative estimate of drug-likeness (QED) is 0.0554. The zero-order valence-corrected chi connectivity index (χ0v) is 29.6. The molecule has 0 saturated carbocycles. The van der Waals surface area contributed by atoms with E-state index in [0.29, 0.717) is 12.8 Å². The molecule has 0 amide bonds. The van der Waals surface area contributed by atoms with Crippen LogP contribution in [0.25, 0.3) is 0 Å². The van der Waals surface area contributed by atoms with Crippen molar-refractivity contribution in [2.24, 2.45) is 0 Å². The molecule has 0 radical (unpaired) electrons. The molecular formula is C40H76O4. The Morgan fingerprint density at radius 3 is 0.773 bits per heavy atom. The Kier molecular flexibility index (Phi) is 41.9. The lowest BCUT2D eigenvalue weighted by atomic mass is 10.1. The predicted octanol–water partition coefficient (Wildman–Crippen LogP) is 13.8. The number of unbranched alkanes of at least 4 members (excludes halogenated alkanes) is 26. The molecule has 0 unspecified atom stereocenters. The summed E-state index contributed by atoms with van der Waals surface area (Å²) < 4.78 is 0. The first-order valence-corrected chi connectivity index (χ1v) is 19.3. The van der Waals surface area contributed by atoms with Crippen molar-refractivity contribution in [2.45, 2.75) is 219 Å². The van der Waals surface area contributed by atoms with E-state index < -0.39 is 11.9 Å². The zero-order chi connectivity index (χ0) is 32.6. The third kappa shape index (κ3) is 47.4. The molecule has 0 aromatic carbocycles. The van der Waals surface area contributed by atoms with Crippen molar-refractivity contribution >= 4 is 11.9 Å². The fourth-order valence-electron chi connectivity index (χ4n) is 5.40. The van der Waals surface area contributed by atoms with Gasteiger partial charge in [0.25, 0.3) is 0 Å². The number of allylic oxidation sites excluding steroid dienone is 4. The Bertz CT molecular complexity index is 571.